The van der Waals surface area contributed by atoms with Crippen LogP contribution in [0.2, 0.25) is 0 Å². The molecule has 0 fully saturated rings. The fourth-order valence-corrected chi connectivity index (χ4v) is 1.51. The zero-order valence-corrected chi connectivity index (χ0v) is 12.3. The largest absolute Gasteiger partial charge is 0.481 e. The molecule has 19 heavy (non-hydrogen) atoms. The van der Waals surface area contributed by atoms with Gasteiger partial charge >= 0.3 is 0 Å². The molecule has 0 bridgehead atoms. The van der Waals surface area contributed by atoms with Crippen molar-refractivity contribution in [1.29, 1.82) is 0 Å². The highest BCUT2D eigenvalue weighted by Crippen LogP contribution is 2.08. The van der Waals surface area contributed by atoms with E-state index in [2.05, 4.69) is 15.6 Å². The SMILES string of the molecule is COc1cc(CNC(C)C(=O)NC(C)(C)C)ccn1. The Labute approximate surface area is 114 Å². The van der Waals surface area contributed by atoms with Crippen molar-refractivity contribution in [1.82, 2.24) is 15.6 Å². The minimum absolute atomic E-state index is 0.00600. The highest BCUT2D eigenvalue weighted by Gasteiger charge is 2.18. The van der Waals surface area contributed by atoms with E-state index in [1.807, 2.05) is 39.8 Å². The Morgan fingerprint density at radius 3 is 2.74 bits per heavy atom. The highest BCUT2D eigenvalue weighted by molar-refractivity contribution is 5.81. The number of carbonyl (C=O) groups excluding carboxylic acids is 1. The van der Waals surface area contributed by atoms with E-state index < -0.39 is 0 Å². The molecule has 1 aromatic heterocycles. The van der Waals surface area contributed by atoms with Crippen LogP contribution in [-0.2, 0) is 11.3 Å². The van der Waals surface area contributed by atoms with Crippen molar-refractivity contribution in [3.63, 3.8) is 0 Å². The van der Waals surface area contributed by atoms with Crippen LogP contribution in [0, 0.1) is 0 Å². The Bertz CT molecular complexity index is 427. The number of carbonyl (C=O) groups is 1. The second-order valence-electron chi connectivity index (χ2n) is 5.55. The van der Waals surface area contributed by atoms with Crippen LogP contribution < -0.4 is 15.4 Å². The molecule has 1 rings (SSSR count). The van der Waals surface area contributed by atoms with Gasteiger partial charge in [0, 0.05) is 24.3 Å². The number of ether oxygens (including phenoxy) is 1. The Balaban J connectivity index is 2.49. The lowest BCUT2D eigenvalue weighted by Gasteiger charge is -2.23. The van der Waals surface area contributed by atoms with Crippen LogP contribution in [0.15, 0.2) is 18.3 Å². The van der Waals surface area contributed by atoms with Crippen molar-refractivity contribution in [3.8, 4) is 5.88 Å². The van der Waals surface area contributed by atoms with Crippen molar-refractivity contribution in [2.75, 3.05) is 7.11 Å². The summed E-state index contributed by atoms with van der Waals surface area (Å²) >= 11 is 0. The molecule has 0 saturated heterocycles. The van der Waals surface area contributed by atoms with Gasteiger partial charge in [-0.3, -0.25) is 4.79 Å². The van der Waals surface area contributed by atoms with E-state index in [9.17, 15) is 4.79 Å². The molecule has 5 heteroatoms. The van der Waals surface area contributed by atoms with Crippen LogP contribution in [0.3, 0.4) is 0 Å². The van der Waals surface area contributed by atoms with Crippen LogP contribution in [0.5, 0.6) is 5.88 Å². The number of hydrogen-bond acceptors (Lipinski definition) is 4. The molecule has 0 saturated carbocycles. The van der Waals surface area contributed by atoms with Gasteiger partial charge in [0.2, 0.25) is 11.8 Å². The number of aromatic nitrogens is 1. The van der Waals surface area contributed by atoms with Gasteiger partial charge in [-0.25, -0.2) is 4.98 Å². The van der Waals surface area contributed by atoms with Crippen LogP contribution >= 0.6 is 0 Å². The Kier molecular flexibility index (Phi) is 5.30. The molecule has 0 aromatic carbocycles. The van der Waals surface area contributed by atoms with Crippen molar-refractivity contribution in [2.45, 2.75) is 45.8 Å². The van der Waals surface area contributed by atoms with Gasteiger partial charge in [-0.05, 0) is 39.3 Å². The zero-order valence-electron chi connectivity index (χ0n) is 12.3. The maximum absolute atomic E-state index is 11.9. The van der Waals surface area contributed by atoms with E-state index in [0.717, 1.165) is 5.56 Å². The summed E-state index contributed by atoms with van der Waals surface area (Å²) in [4.78, 5) is 15.9. The van der Waals surface area contributed by atoms with E-state index in [1.165, 1.54) is 0 Å². The molecule has 1 heterocycles. The summed E-state index contributed by atoms with van der Waals surface area (Å²) in [5, 5.41) is 6.12. The van der Waals surface area contributed by atoms with Crippen molar-refractivity contribution in [2.24, 2.45) is 0 Å². The predicted molar refractivity (Wildman–Crippen MR) is 75.0 cm³/mol. The molecule has 1 unspecified atom stereocenters. The molecular formula is C14H23N3O2. The predicted octanol–water partition coefficient (Wildman–Crippen LogP) is 1.48. The molecule has 0 radical (unpaired) electrons. The van der Waals surface area contributed by atoms with Crippen molar-refractivity contribution >= 4 is 5.91 Å². The molecule has 106 valence electrons. The van der Waals surface area contributed by atoms with E-state index in [4.69, 9.17) is 4.74 Å². The first-order valence-electron chi connectivity index (χ1n) is 6.36. The highest BCUT2D eigenvalue weighted by atomic mass is 16.5. The van der Waals surface area contributed by atoms with Crippen LogP contribution in [0.4, 0.5) is 0 Å². The Morgan fingerprint density at radius 1 is 1.47 bits per heavy atom. The Hall–Kier alpha value is -1.62. The maximum atomic E-state index is 11.9. The second-order valence-corrected chi connectivity index (χ2v) is 5.55. The number of amides is 1. The third-order valence-electron chi connectivity index (χ3n) is 2.51. The van der Waals surface area contributed by atoms with Crippen LogP contribution in [0.1, 0.15) is 33.3 Å². The molecule has 0 spiro atoms. The quantitative estimate of drug-likeness (QED) is 0.846. The lowest BCUT2D eigenvalue weighted by atomic mass is 10.1. The number of nitrogens with one attached hydrogen (secondary N) is 2. The van der Waals surface area contributed by atoms with Crippen molar-refractivity contribution in [3.05, 3.63) is 23.9 Å². The third-order valence-corrected chi connectivity index (χ3v) is 2.51. The number of nitrogens with zero attached hydrogens (tertiary/aromatic N) is 1. The summed E-state index contributed by atoms with van der Waals surface area (Å²) in [5.74, 6) is 0.569. The van der Waals surface area contributed by atoms with Gasteiger partial charge in [-0.1, -0.05) is 0 Å². The van der Waals surface area contributed by atoms with Gasteiger partial charge in [0.15, 0.2) is 0 Å². The summed E-state index contributed by atoms with van der Waals surface area (Å²) in [7, 11) is 1.58. The van der Waals surface area contributed by atoms with Gasteiger partial charge < -0.3 is 15.4 Å². The molecule has 1 aromatic rings. The monoisotopic (exact) mass is 265 g/mol. The summed E-state index contributed by atoms with van der Waals surface area (Å²) in [6, 6.07) is 3.49. The molecule has 5 nitrogen and oxygen atoms in total. The first kappa shape index (κ1) is 15.4. The van der Waals surface area contributed by atoms with Gasteiger partial charge in [0.05, 0.1) is 13.2 Å². The fourth-order valence-electron chi connectivity index (χ4n) is 1.51. The summed E-state index contributed by atoms with van der Waals surface area (Å²) in [6.07, 6.45) is 1.69. The fraction of sp³-hybridized carbons (Fsp3) is 0.571. The van der Waals surface area contributed by atoms with E-state index in [0.29, 0.717) is 12.4 Å². The second kappa shape index (κ2) is 6.52. The standard InChI is InChI=1S/C14H23N3O2/c1-10(13(18)17-14(2,3)4)16-9-11-6-7-15-12(8-11)19-5/h6-8,10,16H,9H2,1-5H3,(H,17,18). The van der Waals surface area contributed by atoms with Gasteiger partial charge in [-0.2, -0.15) is 0 Å². The van der Waals surface area contributed by atoms with E-state index in [-0.39, 0.29) is 17.5 Å². The smallest absolute Gasteiger partial charge is 0.237 e. The molecule has 0 aliphatic carbocycles. The molecule has 1 amide bonds. The van der Waals surface area contributed by atoms with E-state index >= 15 is 0 Å². The lowest BCUT2D eigenvalue weighted by Crippen LogP contribution is -2.49. The lowest BCUT2D eigenvalue weighted by molar-refractivity contribution is -0.124. The third kappa shape index (κ3) is 5.70. The zero-order chi connectivity index (χ0) is 14.5. The minimum atomic E-state index is -0.251. The first-order chi connectivity index (χ1) is 8.81. The normalized spacial score (nSPS) is 12.9. The summed E-state index contributed by atoms with van der Waals surface area (Å²) in [6.45, 7) is 8.33. The maximum Gasteiger partial charge on any atom is 0.237 e. The summed E-state index contributed by atoms with van der Waals surface area (Å²) in [5.41, 5.74) is 0.815. The molecule has 0 aliphatic heterocycles. The van der Waals surface area contributed by atoms with Crippen molar-refractivity contribution < 1.29 is 9.53 Å². The average Bonchev–Trinajstić information content (AvgIpc) is 2.34. The van der Waals surface area contributed by atoms with Gasteiger partial charge in [0.1, 0.15) is 0 Å². The van der Waals surface area contributed by atoms with Gasteiger partial charge in [0.25, 0.3) is 0 Å². The first-order valence-corrected chi connectivity index (χ1v) is 6.36. The van der Waals surface area contributed by atoms with Crippen LogP contribution in [-0.4, -0.2) is 29.6 Å². The molecule has 0 aliphatic rings. The molecule has 1 atom stereocenters. The minimum Gasteiger partial charge on any atom is -0.481 e. The van der Waals surface area contributed by atoms with Crippen LogP contribution in [0.25, 0.3) is 0 Å². The number of hydrogen-bond donors (Lipinski definition) is 2. The number of methoxy groups -OCH3 is 1. The summed E-state index contributed by atoms with van der Waals surface area (Å²) < 4.78 is 5.06. The Morgan fingerprint density at radius 2 is 2.16 bits per heavy atom. The van der Waals surface area contributed by atoms with Gasteiger partial charge in [-0.15, -0.1) is 0 Å². The number of pyridine rings is 1. The molecular weight excluding hydrogens is 242 g/mol. The number of rotatable bonds is 5. The molecule has 2 N–H and O–H groups in total. The van der Waals surface area contributed by atoms with E-state index in [1.54, 1.807) is 13.3 Å². The topological polar surface area (TPSA) is 63.2 Å². The average molecular weight is 265 g/mol.